The number of hydrogen-bond donors (Lipinski definition) is 1. The molecule has 0 aliphatic rings. The predicted molar refractivity (Wildman–Crippen MR) is 110 cm³/mol. The van der Waals surface area contributed by atoms with Crippen LogP contribution < -0.4 is 4.74 Å². The Hall–Kier alpha value is -3.53. The Morgan fingerprint density at radius 3 is 2.43 bits per heavy atom. The fraction of sp³-hybridized carbons (Fsp3) is 0.125. The van der Waals surface area contributed by atoms with E-state index >= 15 is 0 Å². The molecule has 4 nitrogen and oxygen atoms in total. The van der Waals surface area contributed by atoms with Crippen LogP contribution in [-0.4, -0.2) is 22.8 Å². The quantitative estimate of drug-likeness (QED) is 0.520. The molecule has 0 fully saturated rings. The summed E-state index contributed by atoms with van der Waals surface area (Å²) in [5.41, 5.74) is 4.85. The number of ether oxygens (including phenoxy) is 1. The van der Waals surface area contributed by atoms with Gasteiger partial charge in [0, 0.05) is 18.3 Å². The van der Waals surface area contributed by atoms with E-state index in [-0.39, 0.29) is 0 Å². The molecule has 0 unspecified atom stereocenters. The van der Waals surface area contributed by atoms with Crippen LogP contribution >= 0.6 is 0 Å². The maximum absolute atomic E-state index is 11.2. The lowest BCUT2D eigenvalue weighted by Gasteiger charge is -2.09. The SMILES string of the molecule is COc1ccc(Cn2ccc3ccc(Cc4cccc(C(=O)O)c4)cc32)cc1. The summed E-state index contributed by atoms with van der Waals surface area (Å²) in [5.74, 6) is -0.0438. The van der Waals surface area contributed by atoms with Crippen LogP contribution in [0.15, 0.2) is 79.0 Å². The van der Waals surface area contributed by atoms with Gasteiger partial charge in [0.15, 0.2) is 0 Å². The Morgan fingerprint density at radius 1 is 0.929 bits per heavy atom. The van der Waals surface area contributed by atoms with Gasteiger partial charge in [0.1, 0.15) is 5.75 Å². The van der Waals surface area contributed by atoms with Gasteiger partial charge in [-0.3, -0.25) is 0 Å². The Morgan fingerprint density at radius 2 is 1.68 bits per heavy atom. The number of aromatic nitrogens is 1. The van der Waals surface area contributed by atoms with Crippen molar-refractivity contribution < 1.29 is 14.6 Å². The molecular formula is C24H21NO3. The summed E-state index contributed by atoms with van der Waals surface area (Å²) in [7, 11) is 1.67. The number of carboxylic acids is 1. The largest absolute Gasteiger partial charge is 0.497 e. The molecule has 4 heteroatoms. The molecule has 1 heterocycles. The zero-order valence-electron chi connectivity index (χ0n) is 15.6. The minimum atomic E-state index is -0.898. The van der Waals surface area contributed by atoms with Gasteiger partial charge in [-0.1, -0.05) is 36.4 Å². The molecular weight excluding hydrogens is 350 g/mol. The number of nitrogens with zero attached hydrogens (tertiary/aromatic N) is 1. The van der Waals surface area contributed by atoms with Gasteiger partial charge in [-0.2, -0.15) is 0 Å². The van der Waals surface area contributed by atoms with E-state index < -0.39 is 5.97 Å². The molecule has 0 bridgehead atoms. The minimum Gasteiger partial charge on any atom is -0.497 e. The Balaban J connectivity index is 1.60. The van der Waals surface area contributed by atoms with Crippen LogP contribution in [0.1, 0.15) is 27.0 Å². The normalized spacial score (nSPS) is 10.9. The highest BCUT2D eigenvalue weighted by Crippen LogP contribution is 2.22. The minimum absolute atomic E-state index is 0.321. The van der Waals surface area contributed by atoms with Gasteiger partial charge in [0.2, 0.25) is 0 Å². The number of hydrogen-bond acceptors (Lipinski definition) is 2. The number of aromatic carboxylic acids is 1. The van der Waals surface area contributed by atoms with Crippen molar-refractivity contribution in [2.75, 3.05) is 7.11 Å². The van der Waals surface area contributed by atoms with Crippen LogP contribution in [0, 0.1) is 0 Å². The molecule has 0 atom stereocenters. The lowest BCUT2D eigenvalue weighted by atomic mass is 10.0. The van der Waals surface area contributed by atoms with E-state index in [0.717, 1.165) is 23.4 Å². The highest BCUT2D eigenvalue weighted by Gasteiger charge is 2.07. The third-order valence-corrected chi connectivity index (χ3v) is 4.93. The maximum atomic E-state index is 11.2. The third kappa shape index (κ3) is 3.76. The van der Waals surface area contributed by atoms with Gasteiger partial charge >= 0.3 is 5.97 Å². The average Bonchev–Trinajstić information content (AvgIpc) is 3.11. The van der Waals surface area contributed by atoms with Crippen molar-refractivity contribution in [3.05, 3.63) is 101 Å². The number of fused-ring (bicyclic) bond motifs is 1. The van der Waals surface area contributed by atoms with Crippen LogP contribution in [0.5, 0.6) is 5.75 Å². The van der Waals surface area contributed by atoms with E-state index in [0.29, 0.717) is 12.0 Å². The topological polar surface area (TPSA) is 51.5 Å². The fourth-order valence-corrected chi connectivity index (χ4v) is 3.45. The Kier molecular flexibility index (Phi) is 4.85. The zero-order chi connectivity index (χ0) is 19.5. The molecule has 0 spiro atoms. The molecule has 3 aromatic carbocycles. The van der Waals surface area contributed by atoms with Crippen LogP contribution in [0.2, 0.25) is 0 Å². The lowest BCUT2D eigenvalue weighted by Crippen LogP contribution is -1.99. The summed E-state index contributed by atoms with van der Waals surface area (Å²) in [4.78, 5) is 11.2. The van der Waals surface area contributed by atoms with E-state index in [4.69, 9.17) is 4.74 Å². The zero-order valence-corrected chi connectivity index (χ0v) is 15.6. The first kappa shape index (κ1) is 17.9. The highest BCUT2D eigenvalue weighted by atomic mass is 16.5. The number of carbonyl (C=O) groups is 1. The molecule has 4 aromatic rings. The smallest absolute Gasteiger partial charge is 0.335 e. The lowest BCUT2D eigenvalue weighted by molar-refractivity contribution is 0.0696. The second-order valence-electron chi connectivity index (χ2n) is 6.87. The first-order chi connectivity index (χ1) is 13.6. The third-order valence-electron chi connectivity index (χ3n) is 4.93. The summed E-state index contributed by atoms with van der Waals surface area (Å²) in [6, 6.07) is 23.8. The molecule has 0 aliphatic heterocycles. The highest BCUT2D eigenvalue weighted by molar-refractivity contribution is 5.87. The first-order valence-electron chi connectivity index (χ1n) is 9.15. The molecule has 1 N–H and O–H groups in total. The summed E-state index contributed by atoms with van der Waals surface area (Å²) in [5, 5.41) is 10.4. The fourth-order valence-electron chi connectivity index (χ4n) is 3.45. The summed E-state index contributed by atoms with van der Waals surface area (Å²) in [6.07, 6.45) is 2.80. The number of carboxylic acid groups (broad SMARTS) is 1. The molecule has 0 aliphatic carbocycles. The van der Waals surface area contributed by atoms with Gasteiger partial charge in [-0.25, -0.2) is 4.79 Å². The van der Waals surface area contributed by atoms with Gasteiger partial charge in [-0.05, 0) is 64.9 Å². The standard InChI is InChI=1S/C24H21NO3/c1-28-22-9-6-17(7-10-22)16-25-12-11-20-8-5-19(15-23(20)25)13-18-3-2-4-21(14-18)24(26)27/h2-12,14-15H,13,16H2,1H3,(H,26,27). The van der Waals surface area contributed by atoms with Crippen molar-refractivity contribution in [2.45, 2.75) is 13.0 Å². The molecule has 1 aromatic heterocycles. The van der Waals surface area contributed by atoms with Crippen molar-refractivity contribution in [3.63, 3.8) is 0 Å². The van der Waals surface area contributed by atoms with Crippen molar-refractivity contribution in [1.29, 1.82) is 0 Å². The van der Waals surface area contributed by atoms with Crippen LogP contribution in [0.3, 0.4) is 0 Å². The second kappa shape index (κ2) is 7.61. The molecule has 0 saturated heterocycles. The number of rotatable bonds is 6. The Labute approximate surface area is 163 Å². The van der Waals surface area contributed by atoms with Crippen molar-refractivity contribution in [3.8, 4) is 5.75 Å². The van der Waals surface area contributed by atoms with E-state index in [9.17, 15) is 9.90 Å². The van der Waals surface area contributed by atoms with E-state index in [1.807, 2.05) is 18.2 Å². The molecule has 140 valence electrons. The van der Waals surface area contributed by atoms with Gasteiger partial charge in [0.25, 0.3) is 0 Å². The first-order valence-corrected chi connectivity index (χ1v) is 9.15. The molecule has 0 radical (unpaired) electrons. The van der Waals surface area contributed by atoms with Crippen LogP contribution in [-0.2, 0) is 13.0 Å². The van der Waals surface area contributed by atoms with E-state index in [1.54, 1.807) is 25.3 Å². The number of methoxy groups -OCH3 is 1. The summed E-state index contributed by atoms with van der Waals surface area (Å²) < 4.78 is 7.46. The monoisotopic (exact) mass is 371 g/mol. The Bertz CT molecular complexity index is 1130. The molecule has 4 rings (SSSR count). The average molecular weight is 371 g/mol. The molecule has 0 amide bonds. The molecule has 28 heavy (non-hydrogen) atoms. The summed E-state index contributed by atoms with van der Waals surface area (Å²) in [6.45, 7) is 0.783. The van der Waals surface area contributed by atoms with Gasteiger partial charge < -0.3 is 14.4 Å². The van der Waals surface area contributed by atoms with Crippen LogP contribution in [0.25, 0.3) is 10.9 Å². The van der Waals surface area contributed by atoms with Crippen molar-refractivity contribution >= 4 is 16.9 Å². The second-order valence-corrected chi connectivity index (χ2v) is 6.87. The van der Waals surface area contributed by atoms with Gasteiger partial charge in [-0.15, -0.1) is 0 Å². The maximum Gasteiger partial charge on any atom is 0.335 e. The van der Waals surface area contributed by atoms with E-state index in [2.05, 4.69) is 47.2 Å². The van der Waals surface area contributed by atoms with Crippen molar-refractivity contribution in [2.24, 2.45) is 0 Å². The van der Waals surface area contributed by atoms with Crippen LogP contribution in [0.4, 0.5) is 0 Å². The van der Waals surface area contributed by atoms with Crippen molar-refractivity contribution in [1.82, 2.24) is 4.57 Å². The summed E-state index contributed by atoms with van der Waals surface area (Å²) >= 11 is 0. The number of benzene rings is 3. The van der Waals surface area contributed by atoms with Gasteiger partial charge in [0.05, 0.1) is 12.7 Å². The predicted octanol–water partition coefficient (Wildman–Crippen LogP) is 4.99. The van der Waals surface area contributed by atoms with E-state index in [1.165, 1.54) is 16.5 Å². The molecule has 0 saturated carbocycles.